The van der Waals surface area contributed by atoms with Gasteiger partial charge in [-0.05, 0) is 32.4 Å². The van der Waals surface area contributed by atoms with Crippen LogP contribution in [0.4, 0.5) is 0 Å². The third-order valence-corrected chi connectivity index (χ3v) is 6.89. The third kappa shape index (κ3) is 5.93. The van der Waals surface area contributed by atoms with E-state index in [4.69, 9.17) is 9.73 Å². The number of guanidine groups is 1. The van der Waals surface area contributed by atoms with E-state index in [0.29, 0.717) is 0 Å². The first kappa shape index (κ1) is 19.5. The summed E-state index contributed by atoms with van der Waals surface area (Å²) in [6.07, 6.45) is 8.35. The number of thiazole rings is 1. The Morgan fingerprint density at radius 1 is 1.38 bits per heavy atom. The molecule has 0 radical (unpaired) electrons. The van der Waals surface area contributed by atoms with Crippen LogP contribution in [0, 0.1) is 0 Å². The largest absolute Gasteiger partial charge is 0.381 e. The summed E-state index contributed by atoms with van der Waals surface area (Å²) in [7, 11) is 0. The highest BCUT2D eigenvalue weighted by molar-refractivity contribution is 8.00. The van der Waals surface area contributed by atoms with E-state index in [1.165, 1.54) is 9.88 Å². The molecule has 7 heteroatoms. The van der Waals surface area contributed by atoms with Crippen molar-refractivity contribution in [3.8, 4) is 0 Å². The fourth-order valence-corrected chi connectivity index (χ4v) is 4.28. The van der Waals surface area contributed by atoms with E-state index in [1.54, 1.807) is 0 Å². The summed E-state index contributed by atoms with van der Waals surface area (Å²) in [5.74, 6) is 0.907. The van der Waals surface area contributed by atoms with E-state index in [0.717, 1.165) is 64.5 Å². The van der Waals surface area contributed by atoms with Crippen LogP contribution in [0.1, 0.15) is 36.6 Å². The average Bonchev–Trinajstić information content (AvgIpc) is 3.08. The van der Waals surface area contributed by atoms with E-state index in [9.17, 15) is 0 Å². The van der Waals surface area contributed by atoms with E-state index in [-0.39, 0.29) is 4.75 Å². The lowest BCUT2D eigenvalue weighted by Gasteiger charge is -2.34. The van der Waals surface area contributed by atoms with Gasteiger partial charge in [0.25, 0.3) is 0 Å². The van der Waals surface area contributed by atoms with Gasteiger partial charge < -0.3 is 15.4 Å². The number of ether oxygens (including phenoxy) is 1. The Morgan fingerprint density at radius 3 is 2.79 bits per heavy atom. The van der Waals surface area contributed by atoms with Gasteiger partial charge in [-0.1, -0.05) is 6.92 Å². The lowest BCUT2D eigenvalue weighted by molar-refractivity contribution is 0.0794. The molecule has 2 heterocycles. The molecular formula is C17H30N4OS2. The third-order valence-electron chi connectivity index (χ3n) is 4.29. The summed E-state index contributed by atoms with van der Waals surface area (Å²) in [6.45, 7) is 8.54. The first-order valence-electron chi connectivity index (χ1n) is 8.80. The van der Waals surface area contributed by atoms with Crippen LogP contribution in [0.2, 0.25) is 0 Å². The van der Waals surface area contributed by atoms with Gasteiger partial charge in [0.05, 0.1) is 11.6 Å². The van der Waals surface area contributed by atoms with Gasteiger partial charge in [-0.25, -0.2) is 4.98 Å². The molecule has 0 spiro atoms. The topological polar surface area (TPSA) is 58.5 Å². The maximum Gasteiger partial charge on any atom is 0.191 e. The molecule has 1 aliphatic rings. The Bertz CT molecular complexity index is 512. The van der Waals surface area contributed by atoms with Crippen LogP contribution in [0.25, 0.3) is 0 Å². The normalized spacial score (nSPS) is 17.7. The van der Waals surface area contributed by atoms with E-state index < -0.39 is 0 Å². The van der Waals surface area contributed by atoms with Crippen LogP contribution < -0.4 is 10.6 Å². The van der Waals surface area contributed by atoms with Crippen molar-refractivity contribution in [1.29, 1.82) is 0 Å². The lowest BCUT2D eigenvalue weighted by atomic mass is 9.99. The molecule has 24 heavy (non-hydrogen) atoms. The summed E-state index contributed by atoms with van der Waals surface area (Å²) < 4.78 is 5.74. The number of hydrogen-bond acceptors (Lipinski definition) is 5. The summed E-state index contributed by atoms with van der Waals surface area (Å²) in [5, 5.41) is 7.98. The van der Waals surface area contributed by atoms with Gasteiger partial charge in [0.1, 0.15) is 0 Å². The number of aromatic nitrogens is 1. The average molecular weight is 371 g/mol. The van der Waals surface area contributed by atoms with Crippen LogP contribution in [0.5, 0.6) is 0 Å². The highest BCUT2D eigenvalue weighted by Crippen LogP contribution is 2.33. The Labute approximate surface area is 154 Å². The first-order valence-corrected chi connectivity index (χ1v) is 10.8. The Hall–Kier alpha value is -0.790. The highest BCUT2D eigenvalue weighted by atomic mass is 32.2. The monoisotopic (exact) mass is 370 g/mol. The number of nitrogens with zero attached hydrogens (tertiary/aromatic N) is 2. The number of aryl methyl sites for hydroxylation is 1. The van der Waals surface area contributed by atoms with Crippen LogP contribution in [-0.4, -0.2) is 54.8 Å². The van der Waals surface area contributed by atoms with Gasteiger partial charge in [-0.2, -0.15) is 11.8 Å². The Balaban J connectivity index is 1.85. The van der Waals surface area contributed by atoms with Crippen molar-refractivity contribution in [2.75, 3.05) is 39.1 Å². The van der Waals surface area contributed by atoms with Crippen molar-refractivity contribution in [3.63, 3.8) is 0 Å². The van der Waals surface area contributed by atoms with Gasteiger partial charge in [0.2, 0.25) is 0 Å². The quantitative estimate of drug-likeness (QED) is 0.544. The van der Waals surface area contributed by atoms with Gasteiger partial charge in [0, 0.05) is 48.5 Å². The first-order chi connectivity index (χ1) is 11.7. The Kier molecular flexibility index (Phi) is 8.35. The Morgan fingerprint density at radius 2 is 2.17 bits per heavy atom. The van der Waals surface area contributed by atoms with Gasteiger partial charge >= 0.3 is 0 Å². The van der Waals surface area contributed by atoms with Gasteiger partial charge in [0.15, 0.2) is 5.96 Å². The summed E-state index contributed by atoms with van der Waals surface area (Å²) in [4.78, 5) is 10.7. The molecule has 0 saturated carbocycles. The zero-order chi connectivity index (χ0) is 17.3. The van der Waals surface area contributed by atoms with E-state index >= 15 is 0 Å². The molecule has 0 aliphatic carbocycles. The molecule has 136 valence electrons. The number of aliphatic imine (C=N–C) groups is 1. The van der Waals surface area contributed by atoms with Crippen molar-refractivity contribution in [1.82, 2.24) is 15.6 Å². The van der Waals surface area contributed by atoms with E-state index in [1.807, 2.05) is 29.3 Å². The molecule has 1 saturated heterocycles. The van der Waals surface area contributed by atoms with Crippen molar-refractivity contribution < 1.29 is 4.74 Å². The molecule has 5 nitrogen and oxygen atoms in total. The highest BCUT2D eigenvalue weighted by Gasteiger charge is 2.31. The van der Waals surface area contributed by atoms with Crippen molar-refractivity contribution >= 4 is 29.1 Å². The molecule has 1 aromatic rings. The van der Waals surface area contributed by atoms with Crippen LogP contribution in [0.3, 0.4) is 0 Å². The number of thioether (sulfide) groups is 1. The minimum absolute atomic E-state index is 0.228. The maximum atomic E-state index is 5.51. The lowest BCUT2D eigenvalue weighted by Crippen LogP contribution is -2.41. The second-order valence-corrected chi connectivity index (χ2v) is 8.42. The SMILES string of the molecule is CCNC(=NCC1(SC)CCOCC1)NCCc1ncc(CC)s1. The van der Waals surface area contributed by atoms with Crippen LogP contribution in [0.15, 0.2) is 11.2 Å². The molecule has 0 atom stereocenters. The molecule has 0 amide bonds. The molecule has 2 rings (SSSR count). The van der Waals surface area contributed by atoms with Crippen molar-refractivity contribution in [2.24, 2.45) is 4.99 Å². The number of nitrogens with one attached hydrogen (secondary N) is 2. The zero-order valence-corrected chi connectivity index (χ0v) is 16.7. The summed E-state index contributed by atoms with van der Waals surface area (Å²) >= 11 is 3.74. The molecule has 0 unspecified atom stereocenters. The minimum Gasteiger partial charge on any atom is -0.381 e. The molecule has 1 fully saturated rings. The fraction of sp³-hybridized carbons (Fsp3) is 0.765. The van der Waals surface area contributed by atoms with Crippen LogP contribution >= 0.6 is 23.1 Å². The molecule has 2 N–H and O–H groups in total. The zero-order valence-electron chi connectivity index (χ0n) is 15.1. The molecule has 0 bridgehead atoms. The predicted molar refractivity (Wildman–Crippen MR) is 105 cm³/mol. The second kappa shape index (κ2) is 10.3. The van der Waals surface area contributed by atoms with E-state index in [2.05, 4.69) is 35.7 Å². The van der Waals surface area contributed by atoms with Crippen molar-refractivity contribution in [2.45, 2.75) is 44.3 Å². The maximum absolute atomic E-state index is 5.51. The fourth-order valence-electron chi connectivity index (χ4n) is 2.65. The number of hydrogen-bond donors (Lipinski definition) is 2. The van der Waals surface area contributed by atoms with Crippen molar-refractivity contribution in [3.05, 3.63) is 16.1 Å². The second-order valence-electron chi connectivity index (χ2n) is 5.95. The summed E-state index contributed by atoms with van der Waals surface area (Å²) in [5.41, 5.74) is 0. The predicted octanol–water partition coefficient (Wildman–Crippen LogP) is 2.72. The van der Waals surface area contributed by atoms with Gasteiger partial charge in [-0.3, -0.25) is 4.99 Å². The molecule has 1 aliphatic heterocycles. The molecular weight excluding hydrogens is 340 g/mol. The van der Waals surface area contributed by atoms with Gasteiger partial charge in [-0.15, -0.1) is 11.3 Å². The number of rotatable bonds is 8. The summed E-state index contributed by atoms with van der Waals surface area (Å²) in [6, 6.07) is 0. The minimum atomic E-state index is 0.228. The standard InChI is InChI=1S/C17H30N4OS2/c1-4-14-12-20-15(24-14)6-9-19-16(18-5-2)21-13-17(23-3)7-10-22-11-8-17/h12H,4-11,13H2,1-3H3,(H2,18,19,21). The molecule has 0 aromatic carbocycles. The van der Waals surface area contributed by atoms with Crippen LogP contribution in [-0.2, 0) is 17.6 Å². The smallest absolute Gasteiger partial charge is 0.191 e. The molecule has 1 aromatic heterocycles.